The van der Waals surface area contributed by atoms with Gasteiger partial charge in [-0.25, -0.2) is 0 Å². The van der Waals surface area contributed by atoms with Crippen LogP contribution >= 0.6 is 0 Å². The number of carboxylic acid groups (broad SMARTS) is 1. The number of fused-ring (bicyclic) bond motifs is 1. The third-order valence-electron chi connectivity index (χ3n) is 1.71. The highest BCUT2D eigenvalue weighted by Gasteiger charge is 2.03. The van der Waals surface area contributed by atoms with E-state index >= 15 is 0 Å². The molecular weight excluding hydrogens is 152 g/mol. The van der Waals surface area contributed by atoms with E-state index in [1.807, 2.05) is 0 Å². The predicted octanol–water partition coefficient (Wildman–Crippen LogP) is 2.39. The van der Waals surface area contributed by atoms with E-state index < -0.39 is 5.97 Å². The summed E-state index contributed by atoms with van der Waals surface area (Å²) < 4.78 is 0. The largest absolute Gasteiger partial charge is 0.481 e. The fourth-order valence-corrected chi connectivity index (χ4v) is 0.663. The first-order chi connectivity index (χ1) is 5.61. The Morgan fingerprint density at radius 3 is 1.42 bits per heavy atom. The molecule has 0 bridgehead atoms. The molecule has 1 N–H and O–H groups in total. The molecule has 12 heavy (non-hydrogen) atoms. The van der Waals surface area contributed by atoms with Crippen LogP contribution in [0.25, 0.3) is 11.1 Å². The molecule has 0 aliphatic heterocycles. The van der Waals surface area contributed by atoms with Crippen LogP contribution in [0, 0.1) is 5.92 Å². The Morgan fingerprint density at radius 1 is 1.17 bits per heavy atom. The highest BCUT2D eigenvalue weighted by Crippen LogP contribution is 2.29. The lowest BCUT2D eigenvalue weighted by atomic mass is 9.95. The van der Waals surface area contributed by atoms with Gasteiger partial charge in [-0.2, -0.15) is 0 Å². The molecule has 0 unspecified atom stereocenters. The predicted molar refractivity (Wildman–Crippen MR) is 47.9 cm³/mol. The molecule has 0 fully saturated rings. The second kappa shape index (κ2) is 3.39. The second-order valence-electron chi connectivity index (χ2n) is 3.07. The van der Waals surface area contributed by atoms with Crippen molar-refractivity contribution >= 4 is 5.97 Å². The smallest absolute Gasteiger partial charge is 0.305 e. The third-order valence-corrected chi connectivity index (χ3v) is 1.71. The van der Waals surface area contributed by atoms with Crippen LogP contribution in [-0.2, 0) is 4.79 Å². The van der Waals surface area contributed by atoms with Crippen LogP contribution in [0.2, 0.25) is 0 Å². The van der Waals surface area contributed by atoms with Crippen molar-refractivity contribution in [1.29, 1.82) is 0 Å². The topological polar surface area (TPSA) is 37.3 Å². The maximum absolute atomic E-state index is 9.70. The van der Waals surface area contributed by atoms with E-state index in [9.17, 15) is 4.79 Å². The van der Waals surface area contributed by atoms with Gasteiger partial charge in [0.05, 0.1) is 5.92 Å². The van der Waals surface area contributed by atoms with Gasteiger partial charge in [-0.05, 0) is 11.1 Å². The number of aliphatic carboxylic acids is 1. The van der Waals surface area contributed by atoms with Crippen LogP contribution in [0.4, 0.5) is 0 Å². The van der Waals surface area contributed by atoms with Gasteiger partial charge in [-0.15, -0.1) is 0 Å². The SMILES string of the molecule is CC(C)C(=O)O.c1cc2ccc1-2. The molecule has 0 saturated carbocycles. The fourth-order valence-electron chi connectivity index (χ4n) is 0.663. The fraction of sp³-hybridized carbons (Fsp3) is 0.300. The molecule has 0 amide bonds. The highest BCUT2D eigenvalue weighted by atomic mass is 16.4. The number of carbonyl (C=O) groups is 1. The lowest BCUT2D eigenvalue weighted by Gasteiger charge is -2.10. The van der Waals surface area contributed by atoms with E-state index in [1.165, 1.54) is 11.1 Å². The summed E-state index contributed by atoms with van der Waals surface area (Å²) in [5, 5.41) is 7.99. The maximum atomic E-state index is 9.70. The first-order valence-corrected chi connectivity index (χ1v) is 3.94. The zero-order valence-corrected chi connectivity index (χ0v) is 7.24. The third kappa shape index (κ3) is 1.84. The van der Waals surface area contributed by atoms with Crippen LogP contribution < -0.4 is 0 Å². The number of hydrogen-bond donors (Lipinski definition) is 1. The Hall–Kier alpha value is -1.31. The summed E-state index contributed by atoms with van der Waals surface area (Å²) in [7, 11) is 0. The molecule has 0 radical (unpaired) electrons. The van der Waals surface area contributed by atoms with Crippen molar-refractivity contribution in [3.8, 4) is 11.1 Å². The van der Waals surface area contributed by atoms with Crippen LogP contribution in [0.15, 0.2) is 24.3 Å². The van der Waals surface area contributed by atoms with Gasteiger partial charge in [-0.1, -0.05) is 38.1 Å². The lowest BCUT2D eigenvalue weighted by molar-refractivity contribution is -0.140. The Morgan fingerprint density at radius 2 is 1.42 bits per heavy atom. The van der Waals surface area contributed by atoms with Crippen molar-refractivity contribution in [2.75, 3.05) is 0 Å². The zero-order chi connectivity index (χ0) is 9.14. The van der Waals surface area contributed by atoms with E-state index in [-0.39, 0.29) is 5.92 Å². The summed E-state index contributed by atoms with van der Waals surface area (Å²) in [5.74, 6) is -0.972. The van der Waals surface area contributed by atoms with Gasteiger partial charge in [-0.3, -0.25) is 4.79 Å². The molecule has 64 valence electrons. The van der Waals surface area contributed by atoms with Gasteiger partial charge in [0.25, 0.3) is 0 Å². The molecule has 2 aliphatic rings. The van der Waals surface area contributed by atoms with Crippen molar-refractivity contribution in [3.63, 3.8) is 0 Å². The van der Waals surface area contributed by atoms with E-state index in [0.29, 0.717) is 0 Å². The van der Waals surface area contributed by atoms with Crippen LogP contribution in [0.1, 0.15) is 13.8 Å². The summed E-state index contributed by atoms with van der Waals surface area (Å²) >= 11 is 0. The zero-order valence-electron chi connectivity index (χ0n) is 7.24. The monoisotopic (exact) mass is 164 g/mol. The summed E-state index contributed by atoms with van der Waals surface area (Å²) in [6.45, 7) is 3.28. The van der Waals surface area contributed by atoms with Crippen molar-refractivity contribution in [2.45, 2.75) is 13.8 Å². The normalized spacial score (nSPS) is 10.2. The number of rotatable bonds is 1. The minimum absolute atomic E-state index is 0.231. The van der Waals surface area contributed by atoms with Crippen molar-refractivity contribution in [2.24, 2.45) is 5.92 Å². The van der Waals surface area contributed by atoms with Gasteiger partial charge >= 0.3 is 5.97 Å². The van der Waals surface area contributed by atoms with Crippen LogP contribution in [0.5, 0.6) is 0 Å². The van der Waals surface area contributed by atoms with E-state index in [2.05, 4.69) is 24.3 Å². The first kappa shape index (κ1) is 8.78. The van der Waals surface area contributed by atoms with Crippen molar-refractivity contribution in [1.82, 2.24) is 0 Å². The van der Waals surface area contributed by atoms with E-state index in [0.717, 1.165) is 0 Å². The molecule has 2 rings (SSSR count). The minimum atomic E-state index is -0.741. The average Bonchev–Trinajstić information content (AvgIpc) is 1.97. The molecule has 0 aromatic carbocycles. The van der Waals surface area contributed by atoms with Crippen LogP contribution in [0.3, 0.4) is 0 Å². The van der Waals surface area contributed by atoms with E-state index in [1.54, 1.807) is 13.8 Å². The van der Waals surface area contributed by atoms with Gasteiger partial charge in [0.1, 0.15) is 0 Å². The number of benzene rings is 1. The molecule has 2 heteroatoms. The van der Waals surface area contributed by atoms with Crippen LogP contribution in [-0.4, -0.2) is 11.1 Å². The molecular formula is C10H12O2. The van der Waals surface area contributed by atoms with Gasteiger partial charge in [0.2, 0.25) is 0 Å². The maximum Gasteiger partial charge on any atom is 0.305 e. The number of carboxylic acids is 1. The Bertz CT molecular complexity index is 251. The summed E-state index contributed by atoms with van der Waals surface area (Å²) in [6.07, 6.45) is 0. The molecule has 0 aromatic rings. The first-order valence-electron chi connectivity index (χ1n) is 3.94. The Kier molecular flexibility index (Phi) is 2.48. The number of hydrogen-bond acceptors (Lipinski definition) is 1. The van der Waals surface area contributed by atoms with Gasteiger partial charge < -0.3 is 5.11 Å². The quantitative estimate of drug-likeness (QED) is 0.702. The summed E-state index contributed by atoms with van der Waals surface area (Å²) in [4.78, 5) is 9.70. The lowest BCUT2D eigenvalue weighted by Crippen LogP contribution is -2.03. The second-order valence-corrected chi connectivity index (χ2v) is 3.07. The summed E-state index contributed by atoms with van der Waals surface area (Å²) in [5.41, 5.74) is 2.85. The molecule has 0 heterocycles. The molecule has 0 aromatic heterocycles. The molecule has 2 nitrogen and oxygen atoms in total. The Balaban J connectivity index is 0.000000120. The molecule has 0 spiro atoms. The van der Waals surface area contributed by atoms with Crippen molar-refractivity contribution in [3.05, 3.63) is 24.3 Å². The Labute approximate surface area is 71.8 Å². The van der Waals surface area contributed by atoms with Gasteiger partial charge in [0.15, 0.2) is 0 Å². The summed E-state index contributed by atoms with van der Waals surface area (Å²) in [6, 6.07) is 8.48. The van der Waals surface area contributed by atoms with Crippen molar-refractivity contribution < 1.29 is 9.90 Å². The minimum Gasteiger partial charge on any atom is -0.481 e. The van der Waals surface area contributed by atoms with E-state index in [4.69, 9.17) is 5.11 Å². The van der Waals surface area contributed by atoms with Gasteiger partial charge in [0, 0.05) is 0 Å². The highest BCUT2D eigenvalue weighted by molar-refractivity contribution is 5.75. The molecule has 2 aliphatic carbocycles. The molecule has 0 saturated heterocycles. The molecule has 0 atom stereocenters. The average molecular weight is 164 g/mol. The standard InChI is InChI=1S/C6H4.C4H8O2/c1-2-6-4-3-5(1)6;1-3(2)4(5)6/h1-4H;3H,1-2H3,(H,5,6).